The molecule has 0 aromatic carbocycles. The number of halogens is 1. The van der Waals surface area contributed by atoms with Crippen molar-refractivity contribution in [1.29, 1.82) is 0 Å². The normalized spacial score (nSPS) is 30.1. The highest BCUT2D eigenvalue weighted by Crippen LogP contribution is 2.18. The number of likely N-dealkylation sites (tertiary alicyclic amines) is 1. The van der Waals surface area contributed by atoms with Gasteiger partial charge in [0.05, 0.1) is 6.10 Å². The highest BCUT2D eigenvalue weighted by atomic mass is 35.5. The fourth-order valence-electron chi connectivity index (χ4n) is 1.71. The molecule has 0 aromatic rings. The van der Waals surface area contributed by atoms with E-state index < -0.39 is 5.38 Å². The summed E-state index contributed by atoms with van der Waals surface area (Å²) in [6.07, 6.45) is 1.06. The Hall–Kier alpha value is -0.280. The van der Waals surface area contributed by atoms with Crippen LogP contribution in [0.1, 0.15) is 26.7 Å². The monoisotopic (exact) mass is 219 g/mol. The summed E-state index contributed by atoms with van der Waals surface area (Å²) in [6, 6.07) is 0. The molecule has 1 fully saturated rings. The Bertz CT molecular complexity index is 210. The first-order chi connectivity index (χ1) is 6.56. The van der Waals surface area contributed by atoms with Crippen LogP contribution in [0.5, 0.6) is 0 Å². The van der Waals surface area contributed by atoms with Crippen LogP contribution < -0.4 is 0 Å². The van der Waals surface area contributed by atoms with Gasteiger partial charge in [0.15, 0.2) is 0 Å². The highest BCUT2D eigenvalue weighted by molar-refractivity contribution is 6.30. The molecule has 0 bridgehead atoms. The summed E-state index contributed by atoms with van der Waals surface area (Å²) < 4.78 is 0. The first-order valence-electron chi connectivity index (χ1n) is 5.17. The summed E-state index contributed by atoms with van der Waals surface area (Å²) in [4.78, 5) is 13.5. The molecule has 1 rings (SSSR count). The lowest BCUT2D eigenvalue weighted by Gasteiger charge is -2.35. The number of nitrogens with zero attached hydrogens (tertiary/aromatic N) is 1. The number of rotatable bonds is 2. The van der Waals surface area contributed by atoms with Gasteiger partial charge >= 0.3 is 0 Å². The number of carbonyl (C=O) groups excluding carboxylic acids is 1. The van der Waals surface area contributed by atoms with Gasteiger partial charge in [0.25, 0.3) is 0 Å². The average molecular weight is 220 g/mol. The van der Waals surface area contributed by atoms with Gasteiger partial charge in [-0.1, -0.05) is 13.8 Å². The van der Waals surface area contributed by atoms with Crippen LogP contribution in [0.4, 0.5) is 0 Å². The zero-order valence-corrected chi connectivity index (χ0v) is 9.50. The van der Waals surface area contributed by atoms with Crippen molar-refractivity contribution in [1.82, 2.24) is 4.90 Å². The predicted molar refractivity (Wildman–Crippen MR) is 56.3 cm³/mol. The Kier molecular flexibility index (Phi) is 4.20. The van der Waals surface area contributed by atoms with Gasteiger partial charge in [-0.2, -0.15) is 0 Å². The van der Waals surface area contributed by atoms with Crippen LogP contribution in [0.2, 0.25) is 0 Å². The molecule has 1 heterocycles. The molecule has 0 spiro atoms. The van der Waals surface area contributed by atoms with E-state index in [1.165, 1.54) is 0 Å². The number of piperidine rings is 1. The molecule has 3 atom stereocenters. The Morgan fingerprint density at radius 2 is 2.36 bits per heavy atom. The van der Waals surface area contributed by atoms with Crippen molar-refractivity contribution in [2.75, 3.05) is 13.1 Å². The summed E-state index contributed by atoms with van der Waals surface area (Å²) in [5.74, 6) is 0.168. The van der Waals surface area contributed by atoms with E-state index >= 15 is 0 Å². The fraction of sp³-hybridized carbons (Fsp3) is 0.900. The van der Waals surface area contributed by atoms with E-state index in [4.69, 9.17) is 11.6 Å². The molecule has 1 saturated heterocycles. The largest absolute Gasteiger partial charge is 0.393 e. The van der Waals surface area contributed by atoms with Crippen molar-refractivity contribution in [2.24, 2.45) is 5.92 Å². The lowest BCUT2D eigenvalue weighted by atomic mass is 9.96. The quantitative estimate of drug-likeness (QED) is 0.710. The van der Waals surface area contributed by atoms with E-state index in [1.54, 1.807) is 4.90 Å². The van der Waals surface area contributed by atoms with Crippen molar-refractivity contribution in [3.63, 3.8) is 0 Å². The minimum Gasteiger partial charge on any atom is -0.393 e. The molecule has 0 radical (unpaired) electrons. The Labute approximate surface area is 90.0 Å². The number of aliphatic hydroxyl groups is 1. The minimum absolute atomic E-state index is 0.00733. The first-order valence-corrected chi connectivity index (χ1v) is 5.60. The molecule has 0 aromatic heterocycles. The summed E-state index contributed by atoms with van der Waals surface area (Å²) in [6.45, 7) is 5.12. The van der Waals surface area contributed by atoms with Gasteiger partial charge in [0, 0.05) is 13.1 Å². The van der Waals surface area contributed by atoms with Gasteiger partial charge < -0.3 is 10.0 Å². The van der Waals surface area contributed by atoms with Crippen LogP contribution in [-0.2, 0) is 4.79 Å². The van der Waals surface area contributed by atoms with Crippen molar-refractivity contribution >= 4 is 17.5 Å². The smallest absolute Gasteiger partial charge is 0.240 e. The van der Waals surface area contributed by atoms with Crippen LogP contribution >= 0.6 is 11.6 Å². The maximum absolute atomic E-state index is 11.7. The summed E-state index contributed by atoms with van der Waals surface area (Å²) in [7, 11) is 0. The molecule has 0 aliphatic carbocycles. The number of alkyl halides is 1. The van der Waals surface area contributed by atoms with Crippen molar-refractivity contribution in [3.8, 4) is 0 Å². The van der Waals surface area contributed by atoms with Crippen LogP contribution in [0, 0.1) is 5.92 Å². The third-order valence-corrected chi connectivity index (χ3v) is 3.29. The van der Waals surface area contributed by atoms with Crippen molar-refractivity contribution in [2.45, 2.75) is 38.2 Å². The minimum atomic E-state index is -0.405. The van der Waals surface area contributed by atoms with E-state index in [-0.39, 0.29) is 17.9 Å². The third-order valence-electron chi connectivity index (χ3n) is 2.80. The van der Waals surface area contributed by atoms with E-state index in [0.29, 0.717) is 25.9 Å². The average Bonchev–Trinajstić information content (AvgIpc) is 2.20. The van der Waals surface area contributed by atoms with E-state index in [2.05, 4.69) is 0 Å². The zero-order chi connectivity index (χ0) is 10.7. The second kappa shape index (κ2) is 4.99. The van der Waals surface area contributed by atoms with Gasteiger partial charge in [0.1, 0.15) is 5.38 Å². The molecule has 82 valence electrons. The number of amides is 1. The van der Waals surface area contributed by atoms with Crippen molar-refractivity contribution < 1.29 is 9.90 Å². The van der Waals surface area contributed by atoms with Crippen LogP contribution in [0.3, 0.4) is 0 Å². The fourth-order valence-corrected chi connectivity index (χ4v) is 1.84. The van der Waals surface area contributed by atoms with Gasteiger partial charge in [-0.3, -0.25) is 4.79 Å². The second-order valence-electron chi connectivity index (χ2n) is 3.99. The molecule has 3 nitrogen and oxygen atoms in total. The molecule has 1 amide bonds. The van der Waals surface area contributed by atoms with Gasteiger partial charge in [-0.05, 0) is 18.8 Å². The number of hydrogen-bond acceptors (Lipinski definition) is 2. The second-order valence-corrected chi connectivity index (χ2v) is 4.52. The summed E-state index contributed by atoms with van der Waals surface area (Å²) in [5, 5.41) is 9.10. The van der Waals surface area contributed by atoms with Crippen molar-refractivity contribution in [3.05, 3.63) is 0 Å². The molecular weight excluding hydrogens is 202 g/mol. The van der Waals surface area contributed by atoms with Gasteiger partial charge in [-0.15, -0.1) is 11.6 Å². The maximum atomic E-state index is 11.7. The molecule has 14 heavy (non-hydrogen) atoms. The Balaban J connectivity index is 2.50. The predicted octanol–water partition coefficient (Wildman–Crippen LogP) is 1.23. The molecule has 1 aliphatic heterocycles. The highest BCUT2D eigenvalue weighted by Gasteiger charge is 2.29. The van der Waals surface area contributed by atoms with Crippen LogP contribution in [0.25, 0.3) is 0 Å². The first kappa shape index (κ1) is 11.8. The molecule has 1 N–H and O–H groups in total. The Morgan fingerprint density at radius 1 is 1.71 bits per heavy atom. The summed E-state index contributed by atoms with van der Waals surface area (Å²) >= 11 is 5.88. The maximum Gasteiger partial charge on any atom is 0.240 e. The van der Waals surface area contributed by atoms with Crippen LogP contribution in [0.15, 0.2) is 0 Å². The Morgan fingerprint density at radius 3 is 2.86 bits per heavy atom. The molecular formula is C10H18ClNO2. The lowest BCUT2D eigenvalue weighted by Crippen LogP contribution is -2.47. The molecule has 0 unspecified atom stereocenters. The van der Waals surface area contributed by atoms with E-state index in [9.17, 15) is 9.90 Å². The molecule has 1 aliphatic rings. The lowest BCUT2D eigenvalue weighted by molar-refractivity contribution is -0.134. The van der Waals surface area contributed by atoms with Crippen LogP contribution in [-0.4, -0.2) is 40.5 Å². The topological polar surface area (TPSA) is 40.5 Å². The van der Waals surface area contributed by atoms with Gasteiger partial charge in [0.2, 0.25) is 5.91 Å². The third kappa shape index (κ3) is 2.61. The van der Waals surface area contributed by atoms with Gasteiger partial charge in [-0.25, -0.2) is 0 Å². The standard InChI is InChI=1S/C10H18ClNO2/c1-3-8(11)10(14)12-5-4-9(13)7(2)6-12/h7-9,13H,3-6H2,1-2H3/t7-,8+,9-/m1/s1. The summed E-state index contributed by atoms with van der Waals surface area (Å²) in [5.41, 5.74) is 0. The van der Waals surface area contributed by atoms with E-state index in [1.807, 2.05) is 13.8 Å². The number of carbonyl (C=O) groups is 1. The molecule has 0 saturated carbocycles. The van der Waals surface area contributed by atoms with E-state index in [0.717, 1.165) is 0 Å². The zero-order valence-electron chi connectivity index (χ0n) is 8.74. The SMILES string of the molecule is CC[C@H](Cl)C(=O)N1CC[C@@H](O)[C@H](C)C1. The molecule has 4 heteroatoms. The number of hydrogen-bond donors (Lipinski definition) is 1. The number of aliphatic hydroxyl groups excluding tert-OH is 1.